The smallest absolute Gasteiger partial charge is 0.141 e. The predicted molar refractivity (Wildman–Crippen MR) is 102 cm³/mol. The molecule has 1 aromatic heterocycles. The van der Waals surface area contributed by atoms with E-state index in [0.717, 1.165) is 50.9 Å². The van der Waals surface area contributed by atoms with E-state index in [4.69, 9.17) is 0 Å². The fourth-order valence-electron chi connectivity index (χ4n) is 2.66. The number of carbonyl (C=O) groups excluding carboxylic acids is 1. The van der Waals surface area contributed by atoms with Gasteiger partial charge in [0.15, 0.2) is 0 Å². The summed E-state index contributed by atoms with van der Waals surface area (Å²) in [7, 11) is 0. The lowest BCUT2D eigenvalue weighted by Crippen LogP contribution is -2.02. The third kappa shape index (κ3) is 3.43. The first-order chi connectivity index (χ1) is 11.4. The summed E-state index contributed by atoms with van der Waals surface area (Å²) in [4.78, 5) is 15.3. The number of rotatable bonds is 6. The molecule has 1 heterocycles. The zero-order valence-corrected chi connectivity index (χ0v) is 14.8. The molecule has 1 aromatic carbocycles. The molecule has 0 N–H and O–H groups in total. The molecule has 0 aliphatic heterocycles. The van der Waals surface area contributed by atoms with E-state index in [2.05, 4.69) is 35.4 Å². The average molecular weight is 321 g/mol. The number of fused-ring (bicyclic) bond motifs is 1. The molecule has 0 aliphatic carbocycles. The van der Waals surface area contributed by atoms with Crippen LogP contribution in [-0.2, 0) is 11.3 Å². The lowest BCUT2D eigenvalue weighted by Gasteiger charge is -2.07. The molecule has 24 heavy (non-hydrogen) atoms. The van der Waals surface area contributed by atoms with Crippen LogP contribution in [-0.4, -0.2) is 21.8 Å². The lowest BCUT2D eigenvalue weighted by molar-refractivity contribution is -0.108. The van der Waals surface area contributed by atoms with Crippen molar-refractivity contribution in [3.05, 3.63) is 54.4 Å². The summed E-state index contributed by atoms with van der Waals surface area (Å²) < 4.78 is 1.73. The van der Waals surface area contributed by atoms with Crippen molar-refractivity contribution in [1.82, 2.24) is 9.78 Å². The maximum atomic E-state index is 11.0. The maximum absolute atomic E-state index is 11.0. The number of aryl methyl sites for hydroxylation is 1. The van der Waals surface area contributed by atoms with Crippen LogP contribution in [0.1, 0.15) is 37.6 Å². The molecule has 2 aromatic rings. The third-order valence-electron chi connectivity index (χ3n) is 3.70. The molecule has 4 heteroatoms. The molecule has 4 nitrogen and oxygen atoms in total. The molecule has 0 spiro atoms. The Kier molecular flexibility index (Phi) is 5.29. The van der Waals surface area contributed by atoms with Gasteiger partial charge in [0.1, 0.15) is 6.29 Å². The van der Waals surface area contributed by atoms with Gasteiger partial charge in [-0.2, -0.15) is 5.10 Å². The van der Waals surface area contributed by atoms with Crippen LogP contribution in [0.5, 0.6) is 0 Å². The largest absolute Gasteiger partial charge is 0.301 e. The molecule has 0 aliphatic rings. The minimum absolute atomic E-state index is 0.230. The minimum Gasteiger partial charge on any atom is -0.301 e. The number of allylic oxidation sites excluding steroid dienone is 3. The standard InChI is InChI=1S/C20H23N3O/c1-7-16(12-21-14(4)5)17-10-15(6)20-18(11-17)19(13(2)3)22-23(20)8-9-24/h7,9-12H,1-2,8H2,3-6H3/b16-12+. The fourth-order valence-corrected chi connectivity index (χ4v) is 2.66. The van der Waals surface area contributed by atoms with Crippen molar-refractivity contribution >= 4 is 34.0 Å². The normalized spacial score (nSPS) is 11.4. The molecule has 124 valence electrons. The number of aliphatic imine (C=N–C) groups is 1. The SMILES string of the molecule is C=C/C(=C\N=C(C)C)c1cc(C)c2c(c1)c(C(=C)C)nn2CC=O. The van der Waals surface area contributed by atoms with Crippen LogP contribution in [0, 0.1) is 6.92 Å². The molecular weight excluding hydrogens is 298 g/mol. The van der Waals surface area contributed by atoms with Crippen LogP contribution in [0.2, 0.25) is 0 Å². The van der Waals surface area contributed by atoms with Crippen LogP contribution in [0.3, 0.4) is 0 Å². The Balaban J connectivity index is 2.76. The van der Waals surface area contributed by atoms with Gasteiger partial charge in [0.2, 0.25) is 0 Å². The first kappa shape index (κ1) is 17.6. The van der Waals surface area contributed by atoms with E-state index >= 15 is 0 Å². The van der Waals surface area contributed by atoms with E-state index in [0.29, 0.717) is 0 Å². The van der Waals surface area contributed by atoms with E-state index in [1.807, 2.05) is 33.9 Å². The van der Waals surface area contributed by atoms with Crippen LogP contribution < -0.4 is 0 Å². The van der Waals surface area contributed by atoms with Gasteiger partial charge in [-0.1, -0.05) is 19.2 Å². The highest BCUT2D eigenvalue weighted by Gasteiger charge is 2.15. The van der Waals surface area contributed by atoms with Crippen molar-refractivity contribution in [2.45, 2.75) is 34.2 Å². The highest BCUT2D eigenvalue weighted by Crippen LogP contribution is 2.30. The van der Waals surface area contributed by atoms with Crippen LogP contribution in [0.4, 0.5) is 0 Å². The van der Waals surface area contributed by atoms with Gasteiger partial charge in [0, 0.05) is 17.3 Å². The second-order valence-corrected chi connectivity index (χ2v) is 6.03. The minimum atomic E-state index is 0.230. The number of carbonyl (C=O) groups is 1. The Bertz CT molecular complexity index is 878. The zero-order chi connectivity index (χ0) is 17.9. The van der Waals surface area contributed by atoms with E-state index in [1.165, 1.54) is 0 Å². The number of hydrogen-bond donors (Lipinski definition) is 0. The number of hydrogen-bond acceptors (Lipinski definition) is 3. The molecule has 2 rings (SSSR count). The molecule has 0 saturated carbocycles. The van der Waals surface area contributed by atoms with E-state index in [-0.39, 0.29) is 6.54 Å². The molecule has 0 saturated heterocycles. The van der Waals surface area contributed by atoms with Gasteiger partial charge in [0.05, 0.1) is 17.8 Å². The van der Waals surface area contributed by atoms with Gasteiger partial charge in [-0.05, 0) is 62.1 Å². The third-order valence-corrected chi connectivity index (χ3v) is 3.70. The van der Waals surface area contributed by atoms with Gasteiger partial charge < -0.3 is 4.79 Å². The van der Waals surface area contributed by atoms with Gasteiger partial charge in [-0.3, -0.25) is 9.67 Å². The first-order valence-electron chi connectivity index (χ1n) is 7.83. The van der Waals surface area contributed by atoms with Gasteiger partial charge in [0.25, 0.3) is 0 Å². The summed E-state index contributed by atoms with van der Waals surface area (Å²) in [5, 5.41) is 5.54. The van der Waals surface area contributed by atoms with E-state index in [9.17, 15) is 4.79 Å². The van der Waals surface area contributed by atoms with Crippen molar-refractivity contribution < 1.29 is 4.79 Å². The van der Waals surface area contributed by atoms with Gasteiger partial charge >= 0.3 is 0 Å². The highest BCUT2D eigenvalue weighted by atomic mass is 16.1. The van der Waals surface area contributed by atoms with Crippen LogP contribution in [0.25, 0.3) is 22.0 Å². The second-order valence-electron chi connectivity index (χ2n) is 6.03. The van der Waals surface area contributed by atoms with Crippen LogP contribution >= 0.6 is 0 Å². The summed E-state index contributed by atoms with van der Waals surface area (Å²) in [6.45, 7) is 16.0. The summed E-state index contributed by atoms with van der Waals surface area (Å²) in [5.74, 6) is 0. The fraction of sp³-hybridized carbons (Fsp3) is 0.250. The monoisotopic (exact) mass is 321 g/mol. The summed E-state index contributed by atoms with van der Waals surface area (Å²) in [5.41, 5.74) is 6.64. The zero-order valence-electron chi connectivity index (χ0n) is 14.8. The van der Waals surface area contributed by atoms with Crippen molar-refractivity contribution in [2.75, 3.05) is 0 Å². The van der Waals surface area contributed by atoms with Crippen molar-refractivity contribution in [2.24, 2.45) is 4.99 Å². The number of aromatic nitrogens is 2. The molecular formula is C20H23N3O. The van der Waals surface area contributed by atoms with Gasteiger partial charge in [-0.15, -0.1) is 0 Å². The Morgan fingerprint density at radius 1 is 1.33 bits per heavy atom. The molecule has 0 atom stereocenters. The number of benzene rings is 1. The topological polar surface area (TPSA) is 47.2 Å². The quantitative estimate of drug-likeness (QED) is 0.444. The molecule has 0 fully saturated rings. The molecule has 0 radical (unpaired) electrons. The van der Waals surface area contributed by atoms with E-state index in [1.54, 1.807) is 10.8 Å². The van der Waals surface area contributed by atoms with Crippen molar-refractivity contribution in [1.29, 1.82) is 0 Å². The molecule has 0 bridgehead atoms. The van der Waals surface area contributed by atoms with Crippen molar-refractivity contribution in [3.63, 3.8) is 0 Å². The first-order valence-corrected chi connectivity index (χ1v) is 7.83. The van der Waals surface area contributed by atoms with Crippen molar-refractivity contribution in [3.8, 4) is 0 Å². The number of nitrogens with zero attached hydrogens (tertiary/aromatic N) is 3. The molecule has 0 unspecified atom stereocenters. The Morgan fingerprint density at radius 2 is 2.04 bits per heavy atom. The Hall–Kier alpha value is -2.75. The molecule has 0 amide bonds. The maximum Gasteiger partial charge on any atom is 0.141 e. The Morgan fingerprint density at radius 3 is 2.58 bits per heavy atom. The summed E-state index contributed by atoms with van der Waals surface area (Å²) in [6, 6.07) is 4.14. The predicted octanol–water partition coefficient (Wildman–Crippen LogP) is 4.58. The lowest BCUT2D eigenvalue weighted by atomic mass is 9.99. The van der Waals surface area contributed by atoms with E-state index < -0.39 is 0 Å². The Labute approximate surface area is 142 Å². The second kappa shape index (κ2) is 7.21. The summed E-state index contributed by atoms with van der Waals surface area (Å²) in [6.07, 6.45) is 4.47. The van der Waals surface area contributed by atoms with Crippen LogP contribution in [0.15, 0.2) is 42.6 Å². The highest BCUT2D eigenvalue weighted by molar-refractivity contribution is 5.95. The average Bonchev–Trinajstić information content (AvgIpc) is 2.87. The summed E-state index contributed by atoms with van der Waals surface area (Å²) >= 11 is 0. The number of aldehydes is 1. The van der Waals surface area contributed by atoms with Gasteiger partial charge in [-0.25, -0.2) is 0 Å².